The van der Waals surface area contributed by atoms with E-state index in [0.29, 0.717) is 0 Å². The highest BCUT2D eigenvalue weighted by Gasteiger charge is 2.06. The van der Waals surface area contributed by atoms with Crippen LogP contribution >= 0.6 is 0 Å². The first-order valence-corrected chi connectivity index (χ1v) is 6.53. The van der Waals surface area contributed by atoms with Gasteiger partial charge in [-0.2, -0.15) is 0 Å². The van der Waals surface area contributed by atoms with Crippen LogP contribution in [0.5, 0.6) is 0 Å². The average Bonchev–Trinajstić information content (AvgIpc) is 2.38. The van der Waals surface area contributed by atoms with Gasteiger partial charge >= 0.3 is 0 Å². The minimum Gasteiger partial charge on any atom is -0.392 e. The number of benzene rings is 2. The zero-order chi connectivity index (χ0) is 13.0. The first-order valence-electron chi connectivity index (χ1n) is 6.53. The standard InChI is InChI=1S/C16H21NO/c1-3-16(18)12-17(2)11-13-8-9-14-6-4-5-7-15(14)10-13/h4-10,16,18H,3,11-12H2,1-2H3/t16-/m1/s1. The van der Waals surface area contributed by atoms with Crippen LogP contribution in [0.25, 0.3) is 10.8 Å². The molecule has 2 heteroatoms. The number of aliphatic hydroxyl groups excluding tert-OH is 1. The van der Waals surface area contributed by atoms with E-state index in [1.165, 1.54) is 16.3 Å². The number of aliphatic hydroxyl groups is 1. The van der Waals surface area contributed by atoms with E-state index in [0.717, 1.165) is 19.5 Å². The molecule has 0 aliphatic heterocycles. The monoisotopic (exact) mass is 243 g/mol. The number of nitrogens with zero attached hydrogens (tertiary/aromatic N) is 1. The van der Waals surface area contributed by atoms with Crippen LogP contribution in [0, 0.1) is 0 Å². The second-order valence-electron chi connectivity index (χ2n) is 4.94. The summed E-state index contributed by atoms with van der Waals surface area (Å²) in [6.07, 6.45) is 0.581. The topological polar surface area (TPSA) is 23.5 Å². The Kier molecular flexibility index (Phi) is 4.34. The Bertz CT molecular complexity index is 509. The third-order valence-corrected chi connectivity index (χ3v) is 3.26. The molecule has 0 heterocycles. The highest BCUT2D eigenvalue weighted by atomic mass is 16.3. The molecule has 2 rings (SSSR count). The quantitative estimate of drug-likeness (QED) is 0.872. The van der Waals surface area contributed by atoms with Crippen LogP contribution in [0.4, 0.5) is 0 Å². The maximum atomic E-state index is 9.64. The van der Waals surface area contributed by atoms with Crippen molar-refractivity contribution in [3.05, 3.63) is 48.0 Å². The van der Waals surface area contributed by atoms with Crippen molar-refractivity contribution in [1.82, 2.24) is 4.90 Å². The number of likely N-dealkylation sites (N-methyl/N-ethyl adjacent to an activating group) is 1. The second kappa shape index (κ2) is 5.98. The molecule has 0 spiro atoms. The molecule has 96 valence electrons. The molecule has 0 unspecified atom stereocenters. The molecule has 0 fully saturated rings. The Balaban J connectivity index is 2.07. The summed E-state index contributed by atoms with van der Waals surface area (Å²) in [5.41, 5.74) is 1.29. The van der Waals surface area contributed by atoms with E-state index in [1.54, 1.807) is 0 Å². The maximum absolute atomic E-state index is 9.64. The van der Waals surface area contributed by atoms with E-state index in [2.05, 4.69) is 47.4 Å². The predicted molar refractivity (Wildman–Crippen MR) is 76.6 cm³/mol. The molecule has 2 aromatic rings. The van der Waals surface area contributed by atoms with Gasteiger partial charge in [-0.3, -0.25) is 4.90 Å². The molecule has 0 saturated heterocycles. The number of hydrogen-bond acceptors (Lipinski definition) is 2. The van der Waals surface area contributed by atoms with Crippen molar-refractivity contribution in [3.8, 4) is 0 Å². The Hall–Kier alpha value is -1.38. The van der Waals surface area contributed by atoms with Gasteiger partial charge in [0.25, 0.3) is 0 Å². The van der Waals surface area contributed by atoms with Crippen molar-refractivity contribution in [2.24, 2.45) is 0 Å². The summed E-state index contributed by atoms with van der Waals surface area (Å²) in [5, 5.41) is 12.2. The molecule has 2 aromatic carbocycles. The van der Waals surface area contributed by atoms with Gasteiger partial charge in [-0.25, -0.2) is 0 Å². The molecule has 0 radical (unpaired) electrons. The van der Waals surface area contributed by atoms with Gasteiger partial charge in [0.05, 0.1) is 6.10 Å². The summed E-state index contributed by atoms with van der Waals surface area (Å²) in [4.78, 5) is 2.16. The smallest absolute Gasteiger partial charge is 0.0664 e. The summed E-state index contributed by atoms with van der Waals surface area (Å²) in [5.74, 6) is 0. The van der Waals surface area contributed by atoms with Crippen LogP contribution in [0.3, 0.4) is 0 Å². The fourth-order valence-corrected chi connectivity index (χ4v) is 2.20. The molecule has 2 nitrogen and oxygen atoms in total. The summed E-state index contributed by atoms with van der Waals surface area (Å²) in [6.45, 7) is 3.61. The van der Waals surface area contributed by atoms with Crippen LogP contribution < -0.4 is 0 Å². The van der Waals surface area contributed by atoms with Gasteiger partial charge in [0.1, 0.15) is 0 Å². The number of rotatable bonds is 5. The fourth-order valence-electron chi connectivity index (χ4n) is 2.20. The highest BCUT2D eigenvalue weighted by molar-refractivity contribution is 5.82. The van der Waals surface area contributed by atoms with Crippen molar-refractivity contribution in [2.75, 3.05) is 13.6 Å². The van der Waals surface area contributed by atoms with Gasteiger partial charge < -0.3 is 5.11 Å². The van der Waals surface area contributed by atoms with Crippen LogP contribution in [0.15, 0.2) is 42.5 Å². The highest BCUT2D eigenvalue weighted by Crippen LogP contribution is 2.16. The minimum absolute atomic E-state index is 0.226. The van der Waals surface area contributed by atoms with Gasteiger partial charge in [-0.15, -0.1) is 0 Å². The van der Waals surface area contributed by atoms with Crippen molar-refractivity contribution in [2.45, 2.75) is 26.0 Å². The number of fused-ring (bicyclic) bond motifs is 1. The van der Waals surface area contributed by atoms with Gasteiger partial charge in [-0.05, 0) is 35.9 Å². The molecular weight excluding hydrogens is 222 g/mol. The number of hydrogen-bond donors (Lipinski definition) is 1. The van der Waals surface area contributed by atoms with Crippen molar-refractivity contribution >= 4 is 10.8 Å². The van der Waals surface area contributed by atoms with Crippen molar-refractivity contribution < 1.29 is 5.11 Å². The lowest BCUT2D eigenvalue weighted by atomic mass is 10.1. The molecule has 0 bridgehead atoms. The normalized spacial score (nSPS) is 13.1. The van der Waals surface area contributed by atoms with Crippen molar-refractivity contribution in [1.29, 1.82) is 0 Å². The lowest BCUT2D eigenvalue weighted by Crippen LogP contribution is -2.28. The molecule has 18 heavy (non-hydrogen) atoms. The second-order valence-corrected chi connectivity index (χ2v) is 4.94. The lowest BCUT2D eigenvalue weighted by molar-refractivity contribution is 0.119. The van der Waals surface area contributed by atoms with Gasteiger partial charge in [-0.1, -0.05) is 43.3 Å². The largest absolute Gasteiger partial charge is 0.392 e. The molecular formula is C16H21NO. The third-order valence-electron chi connectivity index (χ3n) is 3.26. The predicted octanol–water partition coefficient (Wildman–Crippen LogP) is 3.04. The Morgan fingerprint density at radius 1 is 1.11 bits per heavy atom. The Morgan fingerprint density at radius 2 is 1.83 bits per heavy atom. The molecule has 0 aliphatic rings. The van der Waals surface area contributed by atoms with Crippen LogP contribution in [0.1, 0.15) is 18.9 Å². The molecule has 0 amide bonds. The summed E-state index contributed by atoms with van der Waals surface area (Å²) < 4.78 is 0. The fraction of sp³-hybridized carbons (Fsp3) is 0.375. The Labute approximate surface area is 109 Å². The van der Waals surface area contributed by atoms with Crippen LogP contribution in [0.2, 0.25) is 0 Å². The molecule has 0 aromatic heterocycles. The van der Waals surface area contributed by atoms with Crippen molar-refractivity contribution in [3.63, 3.8) is 0 Å². The van der Waals surface area contributed by atoms with Crippen LogP contribution in [-0.2, 0) is 6.54 Å². The first-order chi connectivity index (χ1) is 8.69. The van der Waals surface area contributed by atoms with E-state index < -0.39 is 0 Å². The third kappa shape index (κ3) is 3.31. The lowest BCUT2D eigenvalue weighted by Gasteiger charge is -2.19. The SMILES string of the molecule is CC[C@@H](O)CN(C)Cc1ccc2ccccc2c1. The maximum Gasteiger partial charge on any atom is 0.0664 e. The summed E-state index contributed by atoms with van der Waals surface area (Å²) in [7, 11) is 2.05. The molecule has 0 aliphatic carbocycles. The average molecular weight is 243 g/mol. The van der Waals surface area contributed by atoms with E-state index in [1.807, 2.05) is 14.0 Å². The van der Waals surface area contributed by atoms with E-state index in [4.69, 9.17) is 0 Å². The van der Waals surface area contributed by atoms with Gasteiger partial charge in [0.15, 0.2) is 0 Å². The van der Waals surface area contributed by atoms with E-state index in [-0.39, 0.29) is 6.10 Å². The summed E-state index contributed by atoms with van der Waals surface area (Å²) in [6, 6.07) is 14.9. The molecule has 1 N–H and O–H groups in total. The minimum atomic E-state index is -0.226. The first kappa shape index (κ1) is 13.1. The zero-order valence-corrected chi connectivity index (χ0v) is 11.1. The van der Waals surface area contributed by atoms with Gasteiger partial charge in [0, 0.05) is 13.1 Å². The zero-order valence-electron chi connectivity index (χ0n) is 11.1. The van der Waals surface area contributed by atoms with E-state index in [9.17, 15) is 5.11 Å². The summed E-state index contributed by atoms with van der Waals surface area (Å²) >= 11 is 0. The van der Waals surface area contributed by atoms with Crippen LogP contribution in [-0.4, -0.2) is 29.7 Å². The molecule has 0 saturated carbocycles. The van der Waals surface area contributed by atoms with E-state index >= 15 is 0 Å². The van der Waals surface area contributed by atoms with Gasteiger partial charge in [0.2, 0.25) is 0 Å². The molecule has 1 atom stereocenters. The Morgan fingerprint density at radius 3 is 2.56 bits per heavy atom.